The molecule has 19 heavy (non-hydrogen) atoms. The molecule has 0 spiro atoms. The van der Waals surface area contributed by atoms with Crippen molar-refractivity contribution in [1.29, 1.82) is 0 Å². The van der Waals surface area contributed by atoms with Gasteiger partial charge in [0.05, 0.1) is 5.56 Å². The van der Waals surface area contributed by atoms with E-state index in [-0.39, 0.29) is 17.7 Å². The number of halogens is 1. The van der Waals surface area contributed by atoms with E-state index < -0.39 is 5.97 Å². The summed E-state index contributed by atoms with van der Waals surface area (Å²) in [4.78, 5) is 13.1. The van der Waals surface area contributed by atoms with Crippen LogP contribution >= 0.6 is 11.6 Å². The smallest absolute Gasteiger partial charge is 0.335 e. The number of carboxylic acids is 1. The molecule has 2 N–H and O–H groups in total. The third-order valence-electron chi connectivity index (χ3n) is 3.91. The predicted octanol–water partition coefficient (Wildman–Crippen LogP) is 2.39. The highest BCUT2D eigenvalue weighted by Gasteiger charge is 2.45. The minimum Gasteiger partial charge on any atom is -0.478 e. The van der Waals surface area contributed by atoms with E-state index in [1.807, 2.05) is 7.05 Å². The fourth-order valence-corrected chi connectivity index (χ4v) is 2.60. The van der Waals surface area contributed by atoms with E-state index in [9.17, 15) is 4.79 Å². The average Bonchev–Trinajstić information content (AvgIpc) is 3.13. The van der Waals surface area contributed by atoms with Crippen LogP contribution in [0.25, 0.3) is 0 Å². The van der Waals surface area contributed by atoms with Gasteiger partial charge in [0.2, 0.25) is 0 Å². The zero-order valence-corrected chi connectivity index (χ0v) is 11.7. The number of carbonyl (C=O) groups is 1. The quantitative estimate of drug-likeness (QED) is 0.841. The summed E-state index contributed by atoms with van der Waals surface area (Å²) in [6.07, 6.45) is 2.89. The van der Waals surface area contributed by atoms with E-state index in [0.717, 1.165) is 24.8 Å². The summed E-state index contributed by atoms with van der Waals surface area (Å²) >= 11 is 6.12. The first-order chi connectivity index (χ1) is 8.98. The van der Waals surface area contributed by atoms with Crippen molar-refractivity contribution in [2.24, 2.45) is 0 Å². The lowest BCUT2D eigenvalue weighted by molar-refractivity contribution is 0.0696. The van der Waals surface area contributed by atoms with Crippen LogP contribution in [0.5, 0.6) is 0 Å². The molecule has 0 saturated heterocycles. The fourth-order valence-electron chi connectivity index (χ4n) is 2.43. The Morgan fingerprint density at radius 3 is 2.68 bits per heavy atom. The summed E-state index contributed by atoms with van der Waals surface area (Å²) in [6.45, 7) is 0.771. The SMILES string of the molecule is CN(Cc1cc(C(=O)O)ccc1Cl)C1(CCO)CC1. The molecule has 0 unspecified atom stereocenters. The zero-order valence-electron chi connectivity index (χ0n) is 10.9. The lowest BCUT2D eigenvalue weighted by Gasteiger charge is -2.28. The zero-order chi connectivity index (χ0) is 14.0. The molecule has 0 heterocycles. The van der Waals surface area contributed by atoms with E-state index in [1.54, 1.807) is 12.1 Å². The fraction of sp³-hybridized carbons (Fsp3) is 0.500. The number of hydrogen-bond donors (Lipinski definition) is 2. The Morgan fingerprint density at radius 1 is 1.47 bits per heavy atom. The molecule has 5 heteroatoms. The molecule has 1 aliphatic carbocycles. The topological polar surface area (TPSA) is 60.8 Å². The Kier molecular flexibility index (Phi) is 4.13. The maximum Gasteiger partial charge on any atom is 0.335 e. The minimum absolute atomic E-state index is 0.0668. The second kappa shape index (κ2) is 5.49. The number of carboxylic acid groups (broad SMARTS) is 1. The van der Waals surface area contributed by atoms with Gasteiger partial charge in [-0.05, 0) is 50.1 Å². The normalized spacial score (nSPS) is 16.6. The van der Waals surface area contributed by atoms with Crippen LogP contribution in [0.2, 0.25) is 5.02 Å². The van der Waals surface area contributed by atoms with Gasteiger partial charge in [0.15, 0.2) is 0 Å². The van der Waals surface area contributed by atoms with Crippen LogP contribution < -0.4 is 0 Å². The van der Waals surface area contributed by atoms with Crippen LogP contribution in [-0.4, -0.2) is 40.3 Å². The molecule has 1 aromatic carbocycles. The number of aliphatic hydroxyl groups excluding tert-OH is 1. The standard InChI is InChI=1S/C14H18ClNO3/c1-16(14(4-5-14)6-7-17)9-11-8-10(13(18)19)2-3-12(11)15/h2-3,8,17H,4-7,9H2,1H3,(H,18,19). The minimum atomic E-state index is -0.947. The molecule has 1 saturated carbocycles. The summed E-state index contributed by atoms with van der Waals surface area (Å²) in [6, 6.07) is 4.75. The van der Waals surface area contributed by atoms with Crippen LogP contribution in [-0.2, 0) is 6.54 Å². The van der Waals surface area contributed by atoms with Crippen molar-refractivity contribution in [1.82, 2.24) is 4.90 Å². The first kappa shape index (κ1) is 14.3. The Morgan fingerprint density at radius 2 is 2.16 bits per heavy atom. The van der Waals surface area contributed by atoms with Gasteiger partial charge in [-0.15, -0.1) is 0 Å². The average molecular weight is 284 g/mol. The maximum absolute atomic E-state index is 11.0. The van der Waals surface area contributed by atoms with Crippen LogP contribution in [0.15, 0.2) is 18.2 Å². The summed E-state index contributed by atoms with van der Waals surface area (Å²) in [5.41, 5.74) is 1.13. The molecule has 0 bridgehead atoms. The number of aliphatic hydroxyl groups is 1. The van der Waals surface area contributed by atoms with Crippen molar-refractivity contribution < 1.29 is 15.0 Å². The van der Waals surface area contributed by atoms with Crippen molar-refractivity contribution in [3.63, 3.8) is 0 Å². The Labute approximate surface area is 117 Å². The lowest BCUT2D eigenvalue weighted by Crippen LogP contribution is -2.34. The molecule has 2 rings (SSSR count). The second-order valence-electron chi connectivity index (χ2n) is 5.17. The first-order valence-corrected chi connectivity index (χ1v) is 6.70. The molecule has 104 valence electrons. The third-order valence-corrected chi connectivity index (χ3v) is 4.28. The molecule has 4 nitrogen and oxygen atoms in total. The third kappa shape index (κ3) is 3.08. The predicted molar refractivity (Wildman–Crippen MR) is 73.5 cm³/mol. The number of rotatable bonds is 6. The summed E-state index contributed by atoms with van der Waals surface area (Å²) in [5.74, 6) is -0.947. The van der Waals surface area contributed by atoms with Gasteiger partial charge in [-0.1, -0.05) is 11.6 Å². The largest absolute Gasteiger partial charge is 0.478 e. The van der Waals surface area contributed by atoms with E-state index in [1.165, 1.54) is 6.07 Å². The van der Waals surface area contributed by atoms with Gasteiger partial charge in [-0.2, -0.15) is 0 Å². The van der Waals surface area contributed by atoms with Crippen molar-refractivity contribution in [2.75, 3.05) is 13.7 Å². The summed E-state index contributed by atoms with van der Waals surface area (Å²) < 4.78 is 0. The van der Waals surface area contributed by atoms with Gasteiger partial charge in [-0.25, -0.2) is 4.79 Å². The highest BCUT2D eigenvalue weighted by atomic mass is 35.5. The van der Waals surface area contributed by atoms with Crippen molar-refractivity contribution in [3.05, 3.63) is 34.3 Å². The van der Waals surface area contributed by atoms with Crippen molar-refractivity contribution in [2.45, 2.75) is 31.3 Å². The van der Waals surface area contributed by atoms with E-state index in [4.69, 9.17) is 21.8 Å². The van der Waals surface area contributed by atoms with Gasteiger partial charge >= 0.3 is 5.97 Å². The molecule has 0 atom stereocenters. The number of aromatic carboxylic acids is 1. The van der Waals surface area contributed by atoms with Crippen LogP contribution in [0, 0.1) is 0 Å². The van der Waals surface area contributed by atoms with Gasteiger partial charge in [0.1, 0.15) is 0 Å². The molecule has 0 radical (unpaired) electrons. The van der Waals surface area contributed by atoms with Gasteiger partial charge in [0, 0.05) is 23.7 Å². The van der Waals surface area contributed by atoms with Gasteiger partial charge < -0.3 is 10.2 Å². The first-order valence-electron chi connectivity index (χ1n) is 6.32. The van der Waals surface area contributed by atoms with E-state index in [0.29, 0.717) is 11.6 Å². The highest BCUT2D eigenvalue weighted by molar-refractivity contribution is 6.31. The number of nitrogens with zero attached hydrogens (tertiary/aromatic N) is 1. The van der Waals surface area contributed by atoms with Crippen LogP contribution in [0.3, 0.4) is 0 Å². The monoisotopic (exact) mass is 283 g/mol. The summed E-state index contributed by atoms with van der Waals surface area (Å²) in [7, 11) is 1.99. The van der Waals surface area contributed by atoms with Crippen molar-refractivity contribution in [3.8, 4) is 0 Å². The van der Waals surface area contributed by atoms with E-state index in [2.05, 4.69) is 4.90 Å². The van der Waals surface area contributed by atoms with Crippen LogP contribution in [0.1, 0.15) is 35.2 Å². The van der Waals surface area contributed by atoms with Crippen molar-refractivity contribution >= 4 is 17.6 Å². The molecule has 0 aromatic heterocycles. The number of hydrogen-bond acceptors (Lipinski definition) is 3. The molecule has 1 aliphatic rings. The molecule has 1 fully saturated rings. The maximum atomic E-state index is 11.0. The molecule has 0 aliphatic heterocycles. The Hall–Kier alpha value is -1.10. The second-order valence-corrected chi connectivity index (χ2v) is 5.57. The van der Waals surface area contributed by atoms with Crippen LogP contribution in [0.4, 0.5) is 0 Å². The molecular weight excluding hydrogens is 266 g/mol. The molecule has 1 aromatic rings. The van der Waals surface area contributed by atoms with Gasteiger partial charge in [-0.3, -0.25) is 4.90 Å². The Bertz CT molecular complexity index is 486. The van der Waals surface area contributed by atoms with E-state index >= 15 is 0 Å². The van der Waals surface area contributed by atoms with Gasteiger partial charge in [0.25, 0.3) is 0 Å². The highest BCUT2D eigenvalue weighted by Crippen LogP contribution is 2.44. The molecular formula is C14H18ClNO3. The summed E-state index contributed by atoms with van der Waals surface area (Å²) in [5, 5.41) is 18.7. The molecule has 0 amide bonds. The lowest BCUT2D eigenvalue weighted by atomic mass is 10.1. The Balaban J connectivity index is 2.14. The number of benzene rings is 1.